The Morgan fingerprint density at radius 3 is 2.70 bits per heavy atom. The summed E-state index contributed by atoms with van der Waals surface area (Å²) < 4.78 is 2.01. The Bertz CT molecular complexity index is 1070. The van der Waals surface area contributed by atoms with Gasteiger partial charge in [-0.25, -0.2) is 4.99 Å². The van der Waals surface area contributed by atoms with E-state index in [1.54, 1.807) is 0 Å². The van der Waals surface area contributed by atoms with Crippen LogP contribution in [0.4, 0.5) is 5.69 Å². The molecule has 0 aliphatic carbocycles. The van der Waals surface area contributed by atoms with Crippen molar-refractivity contribution in [3.63, 3.8) is 0 Å². The fourth-order valence-corrected chi connectivity index (χ4v) is 3.73. The van der Waals surface area contributed by atoms with Crippen LogP contribution in [-0.4, -0.2) is 15.6 Å². The number of hydrogen-bond acceptors (Lipinski definition) is 3. The summed E-state index contributed by atoms with van der Waals surface area (Å²) >= 11 is 7.31. The number of aliphatic imine (C=N–C) groups is 1. The van der Waals surface area contributed by atoms with Crippen LogP contribution in [0.5, 0.6) is 0 Å². The summed E-state index contributed by atoms with van der Waals surface area (Å²) in [6.07, 6.45) is 3.82. The second-order valence-electron chi connectivity index (χ2n) is 6.10. The molecule has 2 aromatic carbocycles. The lowest BCUT2D eigenvalue weighted by atomic mass is 10.2. The van der Waals surface area contributed by atoms with Gasteiger partial charge in [-0.15, -0.1) is 0 Å². The minimum absolute atomic E-state index is 0.143. The number of halogens is 1. The molecule has 0 bridgehead atoms. The first kappa shape index (κ1) is 17.6. The maximum absolute atomic E-state index is 12.4. The molecule has 134 valence electrons. The summed E-state index contributed by atoms with van der Waals surface area (Å²) in [5, 5.41) is 4.10. The van der Waals surface area contributed by atoms with Crippen molar-refractivity contribution in [3.8, 4) is 5.69 Å². The topological polar surface area (TPSA) is 46.4 Å². The maximum Gasteiger partial charge on any atom is 0.264 e. The Kier molecular flexibility index (Phi) is 4.88. The highest BCUT2D eigenvalue weighted by molar-refractivity contribution is 8.18. The lowest BCUT2D eigenvalue weighted by Gasteiger charge is -2.06. The van der Waals surface area contributed by atoms with Crippen molar-refractivity contribution in [1.29, 1.82) is 0 Å². The third kappa shape index (κ3) is 3.99. The van der Waals surface area contributed by atoms with Crippen LogP contribution in [0, 0.1) is 6.92 Å². The molecule has 1 amide bonds. The van der Waals surface area contributed by atoms with E-state index in [1.807, 2.05) is 84.4 Å². The van der Waals surface area contributed by atoms with E-state index in [9.17, 15) is 4.79 Å². The van der Waals surface area contributed by atoms with E-state index in [-0.39, 0.29) is 5.91 Å². The number of aryl methyl sites for hydroxylation is 1. The molecule has 1 fully saturated rings. The van der Waals surface area contributed by atoms with E-state index in [4.69, 9.17) is 11.6 Å². The largest absolute Gasteiger partial charge is 0.317 e. The zero-order valence-electron chi connectivity index (χ0n) is 14.5. The van der Waals surface area contributed by atoms with Gasteiger partial charge in [-0.1, -0.05) is 23.7 Å². The number of nitrogens with one attached hydrogen (secondary N) is 1. The van der Waals surface area contributed by atoms with Gasteiger partial charge >= 0.3 is 0 Å². The first-order valence-corrected chi connectivity index (χ1v) is 9.57. The second-order valence-corrected chi connectivity index (χ2v) is 7.57. The Balaban J connectivity index is 1.61. The van der Waals surface area contributed by atoms with Gasteiger partial charge < -0.3 is 9.88 Å². The van der Waals surface area contributed by atoms with E-state index in [0.29, 0.717) is 15.1 Å². The minimum atomic E-state index is -0.143. The van der Waals surface area contributed by atoms with Crippen molar-refractivity contribution in [2.75, 3.05) is 0 Å². The molecule has 3 aromatic rings. The standard InChI is InChI=1S/C21H16ClN3OS/c1-14-4-2-5-16(12-14)23-21-24-20(26)19(27-21)13-18-6-3-11-25(18)17-9-7-15(22)8-10-17/h2-13H,1H3,(H,23,24,26). The lowest BCUT2D eigenvalue weighted by molar-refractivity contribution is -0.115. The maximum atomic E-state index is 12.4. The summed E-state index contributed by atoms with van der Waals surface area (Å²) in [6.45, 7) is 2.01. The van der Waals surface area contributed by atoms with Gasteiger partial charge in [-0.05, 0) is 78.9 Å². The quantitative estimate of drug-likeness (QED) is 0.611. The van der Waals surface area contributed by atoms with Crippen molar-refractivity contribution in [3.05, 3.63) is 88.0 Å². The van der Waals surface area contributed by atoms with Gasteiger partial charge in [0.1, 0.15) is 0 Å². The average Bonchev–Trinajstić information content (AvgIpc) is 3.23. The van der Waals surface area contributed by atoms with Crippen LogP contribution in [0.3, 0.4) is 0 Å². The smallest absolute Gasteiger partial charge is 0.264 e. The molecule has 4 rings (SSSR count). The summed E-state index contributed by atoms with van der Waals surface area (Å²) in [4.78, 5) is 17.5. The lowest BCUT2D eigenvalue weighted by Crippen LogP contribution is -2.19. The SMILES string of the molecule is Cc1cccc(N=C2NC(=O)C(=Cc3cccn3-c3ccc(Cl)cc3)S2)c1. The Labute approximate surface area is 166 Å². The third-order valence-corrected chi connectivity index (χ3v) is 5.21. The molecule has 0 unspecified atom stereocenters. The van der Waals surface area contributed by atoms with E-state index >= 15 is 0 Å². The minimum Gasteiger partial charge on any atom is -0.317 e. The van der Waals surface area contributed by atoms with Crippen LogP contribution in [0.15, 0.2) is 76.8 Å². The third-order valence-electron chi connectivity index (χ3n) is 4.05. The number of thioether (sulfide) groups is 1. The zero-order chi connectivity index (χ0) is 18.8. The first-order valence-electron chi connectivity index (χ1n) is 8.38. The van der Waals surface area contributed by atoms with Crippen molar-refractivity contribution >= 4 is 46.2 Å². The fourth-order valence-electron chi connectivity index (χ4n) is 2.78. The predicted molar refractivity (Wildman–Crippen MR) is 113 cm³/mol. The molecule has 0 saturated carbocycles. The highest BCUT2D eigenvalue weighted by Crippen LogP contribution is 2.29. The van der Waals surface area contributed by atoms with E-state index in [0.717, 1.165) is 22.6 Å². The van der Waals surface area contributed by atoms with Gasteiger partial charge in [-0.2, -0.15) is 0 Å². The molecule has 0 radical (unpaired) electrons. The number of rotatable bonds is 3. The number of benzene rings is 2. The van der Waals surface area contributed by atoms with Gasteiger partial charge in [0.15, 0.2) is 5.17 Å². The van der Waals surface area contributed by atoms with Gasteiger partial charge in [0.2, 0.25) is 0 Å². The molecule has 6 heteroatoms. The molecule has 1 aliphatic rings. The molecule has 1 saturated heterocycles. The van der Waals surface area contributed by atoms with Crippen LogP contribution in [0.2, 0.25) is 5.02 Å². The number of amides is 1. The monoisotopic (exact) mass is 393 g/mol. The number of carbonyl (C=O) groups is 1. The van der Waals surface area contributed by atoms with Gasteiger partial charge in [0, 0.05) is 22.6 Å². The van der Waals surface area contributed by atoms with E-state index in [1.165, 1.54) is 11.8 Å². The van der Waals surface area contributed by atoms with Gasteiger partial charge in [0.25, 0.3) is 5.91 Å². The average molecular weight is 394 g/mol. The Morgan fingerprint density at radius 2 is 1.93 bits per heavy atom. The Hall–Kier alpha value is -2.76. The zero-order valence-corrected chi connectivity index (χ0v) is 16.1. The van der Waals surface area contributed by atoms with Gasteiger partial charge in [-0.3, -0.25) is 4.79 Å². The predicted octanol–water partition coefficient (Wildman–Crippen LogP) is 5.33. The van der Waals surface area contributed by atoms with Crippen molar-refractivity contribution in [2.45, 2.75) is 6.92 Å². The highest BCUT2D eigenvalue weighted by Gasteiger charge is 2.24. The molecule has 2 heterocycles. The summed E-state index contributed by atoms with van der Waals surface area (Å²) in [6, 6.07) is 19.3. The van der Waals surface area contributed by atoms with Crippen LogP contribution < -0.4 is 5.32 Å². The van der Waals surface area contributed by atoms with Crippen LogP contribution in [0.1, 0.15) is 11.3 Å². The molecule has 0 spiro atoms. The molecular formula is C21H16ClN3OS. The Morgan fingerprint density at radius 1 is 1.11 bits per heavy atom. The molecule has 1 aliphatic heterocycles. The summed E-state index contributed by atoms with van der Waals surface area (Å²) in [5.41, 5.74) is 3.84. The van der Waals surface area contributed by atoms with Crippen LogP contribution >= 0.6 is 23.4 Å². The van der Waals surface area contributed by atoms with E-state index in [2.05, 4.69) is 10.3 Å². The van der Waals surface area contributed by atoms with Crippen LogP contribution in [0.25, 0.3) is 11.8 Å². The summed E-state index contributed by atoms with van der Waals surface area (Å²) in [5.74, 6) is -0.143. The molecule has 0 atom stereocenters. The van der Waals surface area contributed by atoms with Gasteiger partial charge in [0.05, 0.1) is 10.6 Å². The first-order chi connectivity index (χ1) is 13.1. The normalized spacial score (nSPS) is 16.9. The molecular weight excluding hydrogens is 378 g/mol. The number of nitrogens with zero attached hydrogens (tertiary/aromatic N) is 2. The van der Waals surface area contributed by atoms with Crippen molar-refractivity contribution in [1.82, 2.24) is 9.88 Å². The van der Waals surface area contributed by atoms with Crippen molar-refractivity contribution < 1.29 is 4.79 Å². The number of carbonyl (C=O) groups excluding carboxylic acids is 1. The van der Waals surface area contributed by atoms with Crippen molar-refractivity contribution in [2.24, 2.45) is 4.99 Å². The molecule has 1 N–H and O–H groups in total. The number of amidine groups is 1. The van der Waals surface area contributed by atoms with E-state index < -0.39 is 0 Å². The number of hydrogen-bond donors (Lipinski definition) is 1. The number of aromatic nitrogens is 1. The molecule has 1 aromatic heterocycles. The van der Waals surface area contributed by atoms with Crippen LogP contribution in [-0.2, 0) is 4.79 Å². The molecule has 27 heavy (non-hydrogen) atoms. The second kappa shape index (κ2) is 7.47. The highest BCUT2D eigenvalue weighted by atomic mass is 35.5. The fraction of sp³-hybridized carbons (Fsp3) is 0.0476. The summed E-state index contributed by atoms with van der Waals surface area (Å²) in [7, 11) is 0. The molecule has 4 nitrogen and oxygen atoms in total.